The van der Waals surface area contributed by atoms with Gasteiger partial charge in [-0.2, -0.15) is 0 Å². The minimum absolute atomic E-state index is 0.282. The van der Waals surface area contributed by atoms with Crippen LogP contribution in [0.2, 0.25) is 0 Å². The fourth-order valence-corrected chi connectivity index (χ4v) is 2.45. The topological polar surface area (TPSA) is 23.5 Å². The van der Waals surface area contributed by atoms with E-state index in [1.165, 1.54) is 44.9 Å². The Hall–Kier alpha value is 0.400. The van der Waals surface area contributed by atoms with Crippen molar-refractivity contribution < 1.29 is 5.11 Å². The molecule has 104 valence electrons. The number of aliphatic hydroxyl groups excluding tert-OH is 1. The Kier molecular flexibility index (Phi) is 13.1. The summed E-state index contributed by atoms with van der Waals surface area (Å²) in [4.78, 5) is 2.37. The molecule has 0 aliphatic rings. The first-order valence-electron chi connectivity index (χ1n) is 7.13. The van der Waals surface area contributed by atoms with Crippen molar-refractivity contribution in [1.82, 2.24) is 4.90 Å². The normalized spacial score (nSPS) is 11.6. The molecular weight excluding hydrogens is 278 g/mol. The van der Waals surface area contributed by atoms with Gasteiger partial charge in [-0.05, 0) is 33.2 Å². The minimum atomic E-state index is 0.282. The molecule has 0 aromatic rings. The zero-order valence-electron chi connectivity index (χ0n) is 11.6. The van der Waals surface area contributed by atoms with E-state index in [1.54, 1.807) is 0 Å². The summed E-state index contributed by atoms with van der Waals surface area (Å²) in [6.07, 6.45) is 9.43. The van der Waals surface area contributed by atoms with Crippen LogP contribution in [0.15, 0.2) is 0 Å². The highest BCUT2D eigenvalue weighted by molar-refractivity contribution is 9.09. The Balaban J connectivity index is 3.30. The molecule has 17 heavy (non-hydrogen) atoms. The molecule has 0 aliphatic carbocycles. The molecule has 0 rings (SSSR count). The monoisotopic (exact) mass is 307 g/mol. The summed E-state index contributed by atoms with van der Waals surface area (Å²) in [5.74, 6) is 0. The summed E-state index contributed by atoms with van der Waals surface area (Å²) in [5, 5.41) is 10.1. The van der Waals surface area contributed by atoms with Crippen LogP contribution in [0.1, 0.15) is 58.8 Å². The summed E-state index contributed by atoms with van der Waals surface area (Å²) >= 11 is 3.46. The third kappa shape index (κ3) is 11.2. The number of alkyl halides is 1. The van der Waals surface area contributed by atoms with Crippen molar-refractivity contribution in [2.75, 3.05) is 25.0 Å². The molecule has 0 heterocycles. The van der Waals surface area contributed by atoms with E-state index in [-0.39, 0.29) is 6.61 Å². The maximum atomic E-state index is 8.96. The Morgan fingerprint density at radius 1 is 0.882 bits per heavy atom. The smallest absolute Gasteiger partial charge is 0.0558 e. The molecule has 0 atom stereocenters. The predicted octanol–water partition coefficient (Wildman–Crippen LogP) is 3.81. The second-order valence-electron chi connectivity index (χ2n) is 5.02. The van der Waals surface area contributed by atoms with E-state index >= 15 is 0 Å². The van der Waals surface area contributed by atoms with Gasteiger partial charge >= 0.3 is 0 Å². The number of hydrogen-bond acceptors (Lipinski definition) is 2. The van der Waals surface area contributed by atoms with Gasteiger partial charge in [-0.3, -0.25) is 4.90 Å². The number of halogens is 1. The molecule has 0 fully saturated rings. The summed E-state index contributed by atoms with van der Waals surface area (Å²) in [6.45, 7) is 6.65. The fraction of sp³-hybridized carbons (Fsp3) is 1.00. The van der Waals surface area contributed by atoms with Gasteiger partial charge < -0.3 is 5.11 Å². The average molecular weight is 308 g/mol. The van der Waals surface area contributed by atoms with Crippen molar-refractivity contribution in [2.45, 2.75) is 64.8 Å². The van der Waals surface area contributed by atoms with E-state index in [0.29, 0.717) is 6.04 Å². The van der Waals surface area contributed by atoms with Gasteiger partial charge in [-0.25, -0.2) is 0 Å². The molecule has 3 heteroatoms. The minimum Gasteiger partial charge on any atom is -0.395 e. The highest BCUT2D eigenvalue weighted by Crippen LogP contribution is 2.09. The number of nitrogens with zero attached hydrogens (tertiary/aromatic N) is 1. The zero-order chi connectivity index (χ0) is 12.9. The highest BCUT2D eigenvalue weighted by atomic mass is 79.9. The second-order valence-corrected chi connectivity index (χ2v) is 5.81. The summed E-state index contributed by atoms with van der Waals surface area (Å²) in [7, 11) is 0. The lowest BCUT2D eigenvalue weighted by atomic mass is 10.1. The van der Waals surface area contributed by atoms with E-state index in [2.05, 4.69) is 34.7 Å². The van der Waals surface area contributed by atoms with E-state index in [1.807, 2.05) is 0 Å². The van der Waals surface area contributed by atoms with Gasteiger partial charge in [0.1, 0.15) is 0 Å². The number of unbranched alkanes of at least 4 members (excludes halogenated alkanes) is 6. The molecule has 0 saturated heterocycles. The third-order valence-corrected chi connectivity index (χ3v) is 3.76. The van der Waals surface area contributed by atoms with Crippen LogP contribution in [0, 0.1) is 0 Å². The molecule has 0 aliphatic heterocycles. The van der Waals surface area contributed by atoms with Crippen molar-refractivity contribution in [3.63, 3.8) is 0 Å². The number of hydrogen-bond donors (Lipinski definition) is 1. The summed E-state index contributed by atoms with van der Waals surface area (Å²) in [6, 6.07) is 0.557. The summed E-state index contributed by atoms with van der Waals surface area (Å²) < 4.78 is 0. The third-order valence-electron chi connectivity index (χ3n) is 3.20. The van der Waals surface area contributed by atoms with Crippen LogP contribution in [-0.2, 0) is 0 Å². The van der Waals surface area contributed by atoms with Crippen LogP contribution in [0.4, 0.5) is 0 Å². The lowest BCUT2D eigenvalue weighted by molar-refractivity contribution is 0.163. The van der Waals surface area contributed by atoms with E-state index in [9.17, 15) is 0 Å². The summed E-state index contributed by atoms with van der Waals surface area (Å²) in [5.41, 5.74) is 0. The van der Waals surface area contributed by atoms with Gasteiger partial charge in [0.15, 0.2) is 0 Å². The van der Waals surface area contributed by atoms with Gasteiger partial charge in [0, 0.05) is 17.9 Å². The van der Waals surface area contributed by atoms with Crippen LogP contribution in [-0.4, -0.2) is 41.1 Å². The van der Waals surface area contributed by atoms with E-state index < -0.39 is 0 Å². The zero-order valence-corrected chi connectivity index (χ0v) is 13.2. The van der Waals surface area contributed by atoms with Crippen LogP contribution in [0.25, 0.3) is 0 Å². The molecule has 1 N–H and O–H groups in total. The first-order valence-corrected chi connectivity index (χ1v) is 8.25. The number of rotatable bonds is 12. The molecule has 0 bridgehead atoms. The maximum absolute atomic E-state index is 8.96. The molecule has 0 aromatic heterocycles. The van der Waals surface area contributed by atoms with Crippen LogP contribution >= 0.6 is 15.9 Å². The molecular formula is C14H30BrNO. The Morgan fingerprint density at radius 3 is 1.88 bits per heavy atom. The molecule has 2 nitrogen and oxygen atoms in total. The lowest BCUT2D eigenvalue weighted by Gasteiger charge is -2.25. The molecule has 0 spiro atoms. The molecule has 0 amide bonds. The Morgan fingerprint density at radius 2 is 1.41 bits per heavy atom. The SMILES string of the molecule is CC(C)N(CCO)CCCCCCCCCBr. The molecule has 0 aromatic carbocycles. The van der Waals surface area contributed by atoms with Crippen molar-refractivity contribution >= 4 is 15.9 Å². The Labute approximate surface area is 116 Å². The van der Waals surface area contributed by atoms with E-state index in [4.69, 9.17) is 5.11 Å². The largest absolute Gasteiger partial charge is 0.395 e. The first kappa shape index (κ1) is 17.4. The predicted molar refractivity (Wildman–Crippen MR) is 79.9 cm³/mol. The van der Waals surface area contributed by atoms with Gasteiger partial charge in [0.05, 0.1) is 6.61 Å². The van der Waals surface area contributed by atoms with Crippen molar-refractivity contribution in [2.24, 2.45) is 0 Å². The quantitative estimate of drug-likeness (QED) is 0.438. The van der Waals surface area contributed by atoms with Crippen molar-refractivity contribution in [3.8, 4) is 0 Å². The standard InChI is InChI=1S/C14H30BrNO/c1-14(2)16(12-13-17)11-9-7-5-3-4-6-8-10-15/h14,17H,3-13H2,1-2H3. The van der Waals surface area contributed by atoms with Gasteiger partial charge in [-0.15, -0.1) is 0 Å². The van der Waals surface area contributed by atoms with Gasteiger partial charge in [0.25, 0.3) is 0 Å². The maximum Gasteiger partial charge on any atom is 0.0558 e. The van der Waals surface area contributed by atoms with Crippen molar-refractivity contribution in [3.05, 3.63) is 0 Å². The average Bonchev–Trinajstić information content (AvgIpc) is 2.31. The molecule has 0 saturated carbocycles. The molecule has 0 unspecified atom stereocenters. The lowest BCUT2D eigenvalue weighted by Crippen LogP contribution is -2.34. The second kappa shape index (κ2) is 12.8. The first-order chi connectivity index (χ1) is 8.22. The van der Waals surface area contributed by atoms with Gasteiger partial charge in [0.2, 0.25) is 0 Å². The van der Waals surface area contributed by atoms with Crippen LogP contribution < -0.4 is 0 Å². The van der Waals surface area contributed by atoms with Crippen LogP contribution in [0.5, 0.6) is 0 Å². The van der Waals surface area contributed by atoms with E-state index in [0.717, 1.165) is 18.4 Å². The fourth-order valence-electron chi connectivity index (χ4n) is 2.05. The number of aliphatic hydroxyl groups is 1. The van der Waals surface area contributed by atoms with Crippen molar-refractivity contribution in [1.29, 1.82) is 0 Å². The Bertz CT molecular complexity index is 153. The highest BCUT2D eigenvalue weighted by Gasteiger charge is 2.07. The molecule has 0 radical (unpaired) electrons. The van der Waals surface area contributed by atoms with Crippen LogP contribution in [0.3, 0.4) is 0 Å². The van der Waals surface area contributed by atoms with Gasteiger partial charge in [-0.1, -0.05) is 48.0 Å².